The molecule has 0 spiro atoms. The maximum atomic E-state index is 11.3. The Morgan fingerprint density at radius 2 is 2.33 bits per heavy atom. The number of rotatable bonds is 6. The largest absolute Gasteiger partial charge is 0.445 e. The number of nitrogens with two attached hydrogens (primary N) is 1. The molecule has 2 rings (SSSR count). The van der Waals surface area contributed by atoms with Gasteiger partial charge in [0.05, 0.1) is 0 Å². The predicted molar refractivity (Wildman–Crippen MR) is 82.6 cm³/mol. The minimum absolute atomic E-state index is 0.0320. The zero-order valence-corrected chi connectivity index (χ0v) is 11.6. The summed E-state index contributed by atoms with van der Waals surface area (Å²) in [6, 6.07) is 5.88. The Bertz CT molecular complexity index is 675. The van der Waals surface area contributed by atoms with E-state index in [1.807, 2.05) is 18.2 Å². The van der Waals surface area contributed by atoms with Gasteiger partial charge in [-0.25, -0.2) is 4.79 Å². The molecular formula is C15H18N4O2. The number of carbonyl (C=O) groups is 1. The van der Waals surface area contributed by atoms with E-state index in [-0.39, 0.29) is 12.4 Å². The highest BCUT2D eigenvalue weighted by molar-refractivity contribution is 6.07. The third kappa shape index (κ3) is 3.62. The number of aromatic nitrogens is 1. The normalized spacial score (nSPS) is 10.3. The van der Waals surface area contributed by atoms with Crippen LogP contribution in [0, 0.1) is 5.41 Å². The van der Waals surface area contributed by atoms with Gasteiger partial charge >= 0.3 is 6.09 Å². The number of carbonyl (C=O) groups excluding carboxylic acids is 1. The van der Waals surface area contributed by atoms with Crippen LogP contribution in [0.15, 0.2) is 37.1 Å². The second-order valence-corrected chi connectivity index (χ2v) is 4.56. The fourth-order valence-electron chi connectivity index (χ4n) is 2.04. The Balaban J connectivity index is 1.99. The molecule has 0 saturated heterocycles. The Morgan fingerprint density at radius 1 is 1.52 bits per heavy atom. The van der Waals surface area contributed by atoms with Crippen molar-refractivity contribution >= 4 is 22.8 Å². The van der Waals surface area contributed by atoms with Crippen molar-refractivity contribution in [1.82, 2.24) is 10.3 Å². The first kappa shape index (κ1) is 14.6. The summed E-state index contributed by atoms with van der Waals surface area (Å²) in [5, 5.41) is 11.1. The minimum atomic E-state index is -0.456. The summed E-state index contributed by atoms with van der Waals surface area (Å²) in [7, 11) is 0. The molecular weight excluding hydrogens is 268 g/mol. The number of nitrogen functional groups attached to an aromatic ring is 1. The molecule has 0 aliphatic carbocycles. The lowest BCUT2D eigenvalue weighted by atomic mass is 10.1. The number of hydrogen-bond acceptors (Lipinski definition) is 3. The average molecular weight is 286 g/mol. The number of amidine groups is 1. The number of H-pyrrole nitrogens is 1. The number of benzene rings is 1. The summed E-state index contributed by atoms with van der Waals surface area (Å²) in [6.45, 7) is 4.14. The lowest BCUT2D eigenvalue weighted by Gasteiger charge is -2.06. The lowest BCUT2D eigenvalue weighted by Crippen LogP contribution is -2.26. The van der Waals surface area contributed by atoms with Gasteiger partial charge in [-0.1, -0.05) is 18.7 Å². The van der Waals surface area contributed by atoms with Crippen LogP contribution in [0.2, 0.25) is 0 Å². The van der Waals surface area contributed by atoms with Gasteiger partial charge in [-0.2, -0.15) is 0 Å². The second-order valence-electron chi connectivity index (χ2n) is 4.56. The van der Waals surface area contributed by atoms with E-state index in [1.165, 1.54) is 6.08 Å². The highest BCUT2D eigenvalue weighted by Gasteiger charge is 2.07. The molecule has 0 atom stereocenters. The zero-order chi connectivity index (χ0) is 15.2. The van der Waals surface area contributed by atoms with Gasteiger partial charge in [-0.3, -0.25) is 5.41 Å². The van der Waals surface area contributed by atoms with Crippen LogP contribution < -0.4 is 11.1 Å². The molecule has 6 nitrogen and oxygen atoms in total. The van der Waals surface area contributed by atoms with Gasteiger partial charge < -0.3 is 20.8 Å². The molecule has 1 heterocycles. The van der Waals surface area contributed by atoms with Gasteiger partial charge in [-0.15, -0.1) is 0 Å². The summed E-state index contributed by atoms with van der Waals surface area (Å²) in [4.78, 5) is 14.4. The summed E-state index contributed by atoms with van der Waals surface area (Å²) in [5.74, 6) is 0.0320. The van der Waals surface area contributed by atoms with E-state index in [0.717, 1.165) is 16.5 Å². The smallest absolute Gasteiger partial charge is 0.407 e. The molecule has 21 heavy (non-hydrogen) atoms. The van der Waals surface area contributed by atoms with Crippen molar-refractivity contribution in [2.24, 2.45) is 5.73 Å². The minimum Gasteiger partial charge on any atom is -0.445 e. The summed E-state index contributed by atoms with van der Waals surface area (Å²) >= 11 is 0. The predicted octanol–water partition coefficient (Wildman–Crippen LogP) is 1.91. The van der Waals surface area contributed by atoms with Gasteiger partial charge in [0.15, 0.2) is 0 Å². The third-order valence-electron chi connectivity index (χ3n) is 3.05. The van der Waals surface area contributed by atoms with E-state index in [2.05, 4.69) is 16.9 Å². The highest BCUT2D eigenvalue weighted by atomic mass is 16.5. The van der Waals surface area contributed by atoms with Crippen LogP contribution in [-0.4, -0.2) is 30.1 Å². The fourth-order valence-corrected chi connectivity index (χ4v) is 2.04. The average Bonchev–Trinajstić information content (AvgIpc) is 2.88. The van der Waals surface area contributed by atoms with Crippen LogP contribution in [0.4, 0.5) is 4.79 Å². The van der Waals surface area contributed by atoms with Crippen LogP contribution in [0.25, 0.3) is 10.9 Å². The topological polar surface area (TPSA) is 104 Å². The summed E-state index contributed by atoms with van der Waals surface area (Å²) < 4.78 is 4.82. The van der Waals surface area contributed by atoms with E-state index < -0.39 is 6.09 Å². The van der Waals surface area contributed by atoms with E-state index in [9.17, 15) is 4.79 Å². The molecule has 0 saturated carbocycles. The molecule has 1 amide bonds. The van der Waals surface area contributed by atoms with Crippen LogP contribution in [0.1, 0.15) is 11.1 Å². The Kier molecular flexibility index (Phi) is 4.61. The first-order valence-electron chi connectivity index (χ1n) is 6.57. The Labute approximate surface area is 122 Å². The molecule has 0 unspecified atom stereocenters. The Hall–Kier alpha value is -2.76. The van der Waals surface area contributed by atoms with E-state index in [4.69, 9.17) is 15.9 Å². The van der Waals surface area contributed by atoms with Crippen molar-refractivity contribution in [3.05, 3.63) is 48.2 Å². The molecule has 0 aliphatic heterocycles. The van der Waals surface area contributed by atoms with Gasteiger partial charge in [-0.05, 0) is 24.1 Å². The van der Waals surface area contributed by atoms with Crippen LogP contribution >= 0.6 is 0 Å². The van der Waals surface area contributed by atoms with Crippen molar-refractivity contribution in [1.29, 1.82) is 5.41 Å². The molecule has 6 heteroatoms. The molecule has 1 aromatic heterocycles. The molecule has 0 aliphatic rings. The van der Waals surface area contributed by atoms with E-state index >= 15 is 0 Å². The van der Waals surface area contributed by atoms with Gasteiger partial charge in [0.2, 0.25) is 0 Å². The van der Waals surface area contributed by atoms with Gasteiger partial charge in [0.25, 0.3) is 0 Å². The van der Waals surface area contributed by atoms with Crippen molar-refractivity contribution in [2.75, 3.05) is 13.2 Å². The molecule has 0 bridgehead atoms. The third-order valence-corrected chi connectivity index (χ3v) is 3.05. The van der Waals surface area contributed by atoms with Crippen LogP contribution in [-0.2, 0) is 11.2 Å². The number of aromatic amines is 1. The van der Waals surface area contributed by atoms with E-state index in [1.54, 1.807) is 6.20 Å². The molecule has 2 aromatic rings. The standard InChI is InChI=1S/C15H18N4O2/c1-2-7-21-15(20)18-6-5-10-3-4-13-11(8-10)12(9-19-13)14(16)17/h2-4,8-9,19H,1,5-7H2,(H3,16,17)(H,18,20). The Morgan fingerprint density at radius 3 is 3.05 bits per heavy atom. The number of hydrogen-bond donors (Lipinski definition) is 4. The number of ether oxygens (including phenoxy) is 1. The van der Waals surface area contributed by atoms with Crippen LogP contribution in [0.3, 0.4) is 0 Å². The number of alkyl carbamates (subject to hydrolysis) is 1. The SMILES string of the molecule is C=CCOC(=O)NCCc1ccc2[nH]cc(C(=N)N)c2c1. The van der Waals surface area contributed by atoms with Crippen molar-refractivity contribution in [3.63, 3.8) is 0 Å². The lowest BCUT2D eigenvalue weighted by molar-refractivity contribution is 0.158. The summed E-state index contributed by atoms with van der Waals surface area (Å²) in [6.07, 6.45) is 3.45. The van der Waals surface area contributed by atoms with Crippen molar-refractivity contribution in [3.8, 4) is 0 Å². The zero-order valence-electron chi connectivity index (χ0n) is 11.6. The molecule has 0 fully saturated rings. The number of fused-ring (bicyclic) bond motifs is 1. The van der Waals surface area contributed by atoms with E-state index in [0.29, 0.717) is 18.5 Å². The fraction of sp³-hybridized carbons (Fsp3) is 0.200. The molecule has 0 radical (unpaired) electrons. The van der Waals surface area contributed by atoms with Crippen LogP contribution in [0.5, 0.6) is 0 Å². The second kappa shape index (κ2) is 6.60. The van der Waals surface area contributed by atoms with Crippen molar-refractivity contribution in [2.45, 2.75) is 6.42 Å². The summed E-state index contributed by atoms with van der Waals surface area (Å²) in [5.41, 5.74) is 8.21. The maximum absolute atomic E-state index is 11.3. The van der Waals surface area contributed by atoms with Gasteiger partial charge in [0, 0.05) is 29.2 Å². The van der Waals surface area contributed by atoms with Gasteiger partial charge in [0.1, 0.15) is 12.4 Å². The first-order valence-corrected chi connectivity index (χ1v) is 6.57. The molecule has 5 N–H and O–H groups in total. The first-order chi connectivity index (χ1) is 10.1. The highest BCUT2D eigenvalue weighted by Crippen LogP contribution is 2.19. The maximum Gasteiger partial charge on any atom is 0.407 e. The molecule has 110 valence electrons. The number of amides is 1. The monoisotopic (exact) mass is 286 g/mol. The number of nitrogens with one attached hydrogen (secondary N) is 3. The molecule has 1 aromatic carbocycles. The quantitative estimate of drug-likeness (QED) is 0.370. The van der Waals surface area contributed by atoms with Crippen molar-refractivity contribution < 1.29 is 9.53 Å².